The smallest absolute Gasteiger partial charge is 0.242 e. The van der Waals surface area contributed by atoms with Crippen molar-refractivity contribution in [3.63, 3.8) is 0 Å². The standard InChI is InChI=1S/C25H45N3O3/c1-8-9-14-27(19-22-12-10-13-26(22)6)24(30)20-28(15-11-16-31-7)23(29)17-21(2)18-25(3,4)5/h10,12-13,21H,8-9,11,14-20H2,1-7H3/t21-/m1/s1. The number of methoxy groups -OCH3 is 1. The summed E-state index contributed by atoms with van der Waals surface area (Å²) >= 11 is 0. The fourth-order valence-electron chi connectivity index (χ4n) is 4.00. The number of rotatable bonds is 14. The van der Waals surface area contributed by atoms with Crippen LogP contribution in [0.1, 0.15) is 72.4 Å². The third-order valence-electron chi connectivity index (χ3n) is 5.48. The van der Waals surface area contributed by atoms with Gasteiger partial charge in [-0.2, -0.15) is 0 Å². The van der Waals surface area contributed by atoms with Crippen molar-refractivity contribution < 1.29 is 14.3 Å². The summed E-state index contributed by atoms with van der Waals surface area (Å²) in [5.41, 5.74) is 1.28. The number of ether oxygens (including phenoxy) is 1. The summed E-state index contributed by atoms with van der Waals surface area (Å²) < 4.78 is 7.22. The minimum atomic E-state index is 0.0175. The van der Waals surface area contributed by atoms with Gasteiger partial charge in [0.2, 0.25) is 11.8 Å². The summed E-state index contributed by atoms with van der Waals surface area (Å²) in [7, 11) is 3.66. The molecule has 2 amide bonds. The zero-order chi connectivity index (χ0) is 23.4. The Morgan fingerprint density at radius 3 is 2.35 bits per heavy atom. The van der Waals surface area contributed by atoms with Gasteiger partial charge in [0.05, 0.1) is 13.1 Å². The molecule has 6 nitrogen and oxygen atoms in total. The van der Waals surface area contributed by atoms with E-state index < -0.39 is 0 Å². The predicted molar refractivity (Wildman–Crippen MR) is 127 cm³/mol. The molecule has 0 aliphatic heterocycles. The number of unbranched alkanes of at least 4 members (excludes halogenated alkanes) is 1. The Morgan fingerprint density at radius 1 is 1.13 bits per heavy atom. The normalized spacial score (nSPS) is 12.6. The Labute approximate surface area is 189 Å². The van der Waals surface area contributed by atoms with Crippen molar-refractivity contribution in [1.82, 2.24) is 14.4 Å². The van der Waals surface area contributed by atoms with Gasteiger partial charge in [0.1, 0.15) is 0 Å². The molecule has 1 aromatic rings. The molecule has 0 saturated carbocycles. The van der Waals surface area contributed by atoms with Gasteiger partial charge in [0.15, 0.2) is 0 Å². The molecule has 178 valence electrons. The van der Waals surface area contributed by atoms with Gasteiger partial charge in [-0.1, -0.05) is 41.0 Å². The van der Waals surface area contributed by atoms with Gasteiger partial charge in [0, 0.05) is 52.2 Å². The average Bonchev–Trinajstić information content (AvgIpc) is 3.07. The number of carbonyl (C=O) groups excluding carboxylic acids is 2. The summed E-state index contributed by atoms with van der Waals surface area (Å²) in [6.07, 6.45) is 6.16. The third-order valence-corrected chi connectivity index (χ3v) is 5.48. The number of amides is 2. The van der Waals surface area contributed by atoms with Crippen LogP contribution in [0.5, 0.6) is 0 Å². The lowest BCUT2D eigenvalue weighted by molar-refractivity contribution is -0.141. The van der Waals surface area contributed by atoms with Crippen molar-refractivity contribution in [3.05, 3.63) is 24.0 Å². The third kappa shape index (κ3) is 10.9. The molecule has 1 rings (SSSR count). The number of hydrogen-bond acceptors (Lipinski definition) is 3. The summed E-state index contributed by atoms with van der Waals surface area (Å²) in [5.74, 6) is 0.367. The number of hydrogen-bond donors (Lipinski definition) is 0. The molecule has 0 aromatic carbocycles. The first kappa shape index (κ1) is 27.2. The van der Waals surface area contributed by atoms with Crippen LogP contribution in [0, 0.1) is 11.3 Å². The Kier molecular flexibility index (Phi) is 11.9. The fourth-order valence-corrected chi connectivity index (χ4v) is 4.00. The van der Waals surface area contributed by atoms with Crippen LogP contribution >= 0.6 is 0 Å². The minimum Gasteiger partial charge on any atom is -0.385 e. The van der Waals surface area contributed by atoms with Gasteiger partial charge in [-0.25, -0.2) is 0 Å². The molecular weight excluding hydrogens is 390 g/mol. The molecule has 0 unspecified atom stereocenters. The molecule has 0 radical (unpaired) electrons. The highest BCUT2D eigenvalue weighted by Crippen LogP contribution is 2.26. The van der Waals surface area contributed by atoms with Crippen LogP contribution in [-0.4, -0.2) is 59.5 Å². The summed E-state index contributed by atoms with van der Waals surface area (Å²) in [5, 5.41) is 0. The quantitative estimate of drug-likeness (QED) is 0.405. The van der Waals surface area contributed by atoms with E-state index in [4.69, 9.17) is 4.74 Å². The van der Waals surface area contributed by atoms with E-state index in [2.05, 4.69) is 34.6 Å². The Bertz CT molecular complexity index is 663. The van der Waals surface area contributed by atoms with E-state index in [9.17, 15) is 9.59 Å². The number of aromatic nitrogens is 1. The van der Waals surface area contributed by atoms with Gasteiger partial charge in [-0.15, -0.1) is 0 Å². The van der Waals surface area contributed by atoms with Gasteiger partial charge >= 0.3 is 0 Å². The average molecular weight is 436 g/mol. The number of carbonyl (C=O) groups is 2. The van der Waals surface area contributed by atoms with E-state index in [1.807, 2.05) is 34.8 Å². The summed E-state index contributed by atoms with van der Waals surface area (Å²) in [6.45, 7) is 13.4. The minimum absolute atomic E-state index is 0.0175. The molecule has 0 fully saturated rings. The second-order valence-electron chi connectivity index (χ2n) is 10.0. The Morgan fingerprint density at radius 2 is 1.81 bits per heavy atom. The predicted octanol–water partition coefficient (Wildman–Crippen LogP) is 4.48. The van der Waals surface area contributed by atoms with Crippen LogP contribution in [-0.2, 0) is 27.9 Å². The largest absolute Gasteiger partial charge is 0.385 e. The lowest BCUT2D eigenvalue weighted by atomic mass is 9.84. The van der Waals surface area contributed by atoms with E-state index in [-0.39, 0.29) is 29.7 Å². The first-order valence-electron chi connectivity index (χ1n) is 11.7. The van der Waals surface area contributed by atoms with Gasteiger partial charge in [0.25, 0.3) is 0 Å². The highest BCUT2D eigenvalue weighted by molar-refractivity contribution is 5.85. The number of nitrogens with zero attached hydrogens (tertiary/aromatic N) is 3. The van der Waals surface area contributed by atoms with E-state index in [1.54, 1.807) is 12.0 Å². The second kappa shape index (κ2) is 13.6. The monoisotopic (exact) mass is 435 g/mol. The highest BCUT2D eigenvalue weighted by Gasteiger charge is 2.24. The van der Waals surface area contributed by atoms with Crippen LogP contribution in [0.15, 0.2) is 18.3 Å². The molecule has 0 aliphatic rings. The molecular formula is C25H45N3O3. The van der Waals surface area contributed by atoms with Crippen molar-refractivity contribution in [2.45, 2.75) is 73.3 Å². The molecule has 6 heteroatoms. The van der Waals surface area contributed by atoms with Crippen LogP contribution in [0.25, 0.3) is 0 Å². The fraction of sp³-hybridized carbons (Fsp3) is 0.760. The molecule has 0 spiro atoms. The van der Waals surface area contributed by atoms with E-state index in [1.165, 1.54) is 0 Å². The maximum absolute atomic E-state index is 13.2. The van der Waals surface area contributed by atoms with Gasteiger partial charge in [-0.05, 0) is 42.7 Å². The zero-order valence-corrected chi connectivity index (χ0v) is 20.9. The Balaban J connectivity index is 2.86. The topological polar surface area (TPSA) is 54.8 Å². The first-order chi connectivity index (χ1) is 14.6. The highest BCUT2D eigenvalue weighted by atomic mass is 16.5. The molecule has 31 heavy (non-hydrogen) atoms. The molecule has 0 aliphatic carbocycles. The van der Waals surface area contributed by atoms with Crippen LogP contribution in [0.4, 0.5) is 0 Å². The van der Waals surface area contributed by atoms with E-state index in [0.29, 0.717) is 32.7 Å². The first-order valence-corrected chi connectivity index (χ1v) is 11.7. The maximum Gasteiger partial charge on any atom is 0.242 e. The lowest BCUT2D eigenvalue weighted by Gasteiger charge is -2.29. The van der Waals surface area contributed by atoms with Crippen LogP contribution in [0.3, 0.4) is 0 Å². The van der Waals surface area contributed by atoms with Crippen molar-refractivity contribution in [3.8, 4) is 0 Å². The molecule has 1 aromatic heterocycles. The summed E-state index contributed by atoms with van der Waals surface area (Å²) in [6, 6.07) is 4.04. The van der Waals surface area contributed by atoms with Crippen molar-refractivity contribution in [2.75, 3.05) is 33.4 Å². The van der Waals surface area contributed by atoms with Crippen molar-refractivity contribution in [2.24, 2.45) is 18.4 Å². The molecule has 0 bridgehead atoms. The number of aryl methyl sites for hydroxylation is 1. The van der Waals surface area contributed by atoms with Crippen LogP contribution < -0.4 is 0 Å². The zero-order valence-electron chi connectivity index (χ0n) is 20.9. The van der Waals surface area contributed by atoms with Crippen LogP contribution in [0.2, 0.25) is 0 Å². The Hall–Kier alpha value is -1.82. The lowest BCUT2D eigenvalue weighted by Crippen LogP contribution is -2.44. The SMILES string of the molecule is CCCCN(Cc1cccn1C)C(=O)CN(CCCOC)C(=O)C[C@@H](C)CC(C)(C)C. The van der Waals surface area contributed by atoms with Gasteiger partial charge < -0.3 is 19.1 Å². The maximum atomic E-state index is 13.2. The molecule has 0 N–H and O–H groups in total. The van der Waals surface area contributed by atoms with E-state index in [0.717, 1.165) is 31.4 Å². The second-order valence-corrected chi connectivity index (χ2v) is 10.0. The molecule has 1 atom stereocenters. The van der Waals surface area contributed by atoms with E-state index >= 15 is 0 Å². The summed E-state index contributed by atoms with van der Waals surface area (Å²) in [4.78, 5) is 30.0. The van der Waals surface area contributed by atoms with Crippen molar-refractivity contribution >= 4 is 11.8 Å². The van der Waals surface area contributed by atoms with Crippen molar-refractivity contribution in [1.29, 1.82) is 0 Å². The van der Waals surface area contributed by atoms with Gasteiger partial charge in [-0.3, -0.25) is 9.59 Å². The molecule has 0 saturated heterocycles. The molecule has 1 heterocycles.